The molecule has 0 saturated heterocycles. The first-order valence-corrected chi connectivity index (χ1v) is 7.67. The SMILES string of the molecule is Cc1cccc(C)c1CNC/C=C/CNC(=O)OC(C)(C)C. The van der Waals surface area contributed by atoms with E-state index in [1.54, 1.807) is 0 Å². The monoisotopic (exact) mass is 304 g/mol. The van der Waals surface area contributed by atoms with Crippen molar-refractivity contribution in [2.45, 2.75) is 46.8 Å². The topological polar surface area (TPSA) is 50.4 Å². The van der Waals surface area contributed by atoms with Gasteiger partial charge >= 0.3 is 6.09 Å². The Morgan fingerprint density at radius 2 is 1.73 bits per heavy atom. The number of amides is 1. The molecule has 2 N–H and O–H groups in total. The van der Waals surface area contributed by atoms with Crippen molar-refractivity contribution in [1.82, 2.24) is 10.6 Å². The fourth-order valence-electron chi connectivity index (χ4n) is 2.03. The van der Waals surface area contributed by atoms with Gasteiger partial charge < -0.3 is 15.4 Å². The molecule has 1 aromatic rings. The van der Waals surface area contributed by atoms with Crippen LogP contribution >= 0.6 is 0 Å². The quantitative estimate of drug-likeness (QED) is 0.625. The first kappa shape index (κ1) is 18.2. The molecule has 0 aliphatic rings. The van der Waals surface area contributed by atoms with Gasteiger partial charge in [-0.1, -0.05) is 30.4 Å². The molecule has 0 heterocycles. The zero-order valence-electron chi connectivity index (χ0n) is 14.3. The van der Waals surface area contributed by atoms with E-state index in [0.29, 0.717) is 6.54 Å². The average Bonchev–Trinajstić information content (AvgIpc) is 2.38. The van der Waals surface area contributed by atoms with Gasteiger partial charge in [-0.25, -0.2) is 4.79 Å². The molecule has 0 fully saturated rings. The van der Waals surface area contributed by atoms with Crippen LogP contribution in [0.4, 0.5) is 4.79 Å². The number of carbonyl (C=O) groups is 1. The molecule has 0 atom stereocenters. The van der Waals surface area contributed by atoms with Crippen molar-refractivity contribution >= 4 is 6.09 Å². The second-order valence-corrected chi connectivity index (χ2v) is 6.36. The van der Waals surface area contributed by atoms with E-state index in [9.17, 15) is 4.79 Å². The van der Waals surface area contributed by atoms with Gasteiger partial charge in [0, 0.05) is 19.6 Å². The minimum absolute atomic E-state index is 0.388. The third-order valence-electron chi connectivity index (χ3n) is 3.14. The maximum atomic E-state index is 11.4. The molecule has 0 aliphatic heterocycles. The van der Waals surface area contributed by atoms with Crippen molar-refractivity contribution < 1.29 is 9.53 Å². The molecule has 0 spiro atoms. The van der Waals surface area contributed by atoms with Crippen LogP contribution in [0.1, 0.15) is 37.5 Å². The third-order valence-corrected chi connectivity index (χ3v) is 3.14. The highest BCUT2D eigenvalue weighted by molar-refractivity contribution is 5.67. The lowest BCUT2D eigenvalue weighted by Gasteiger charge is -2.19. The smallest absolute Gasteiger partial charge is 0.407 e. The largest absolute Gasteiger partial charge is 0.444 e. The van der Waals surface area contributed by atoms with Crippen molar-refractivity contribution in [2.24, 2.45) is 0 Å². The molecule has 122 valence electrons. The Kier molecular flexibility index (Phi) is 7.12. The fraction of sp³-hybridized carbons (Fsp3) is 0.500. The summed E-state index contributed by atoms with van der Waals surface area (Å²) < 4.78 is 5.15. The Labute approximate surface area is 133 Å². The van der Waals surface area contributed by atoms with E-state index in [0.717, 1.165) is 13.1 Å². The highest BCUT2D eigenvalue weighted by Gasteiger charge is 2.14. The van der Waals surface area contributed by atoms with Gasteiger partial charge in [0.15, 0.2) is 0 Å². The minimum Gasteiger partial charge on any atom is -0.444 e. The highest BCUT2D eigenvalue weighted by Crippen LogP contribution is 2.12. The average molecular weight is 304 g/mol. The number of alkyl carbamates (subject to hydrolysis) is 1. The Morgan fingerprint density at radius 3 is 2.32 bits per heavy atom. The number of nitrogens with one attached hydrogen (secondary N) is 2. The molecule has 0 bridgehead atoms. The molecule has 4 nitrogen and oxygen atoms in total. The maximum Gasteiger partial charge on any atom is 0.407 e. The lowest BCUT2D eigenvalue weighted by molar-refractivity contribution is 0.0534. The molecule has 1 rings (SSSR count). The zero-order chi connectivity index (χ0) is 16.6. The molecule has 0 unspecified atom stereocenters. The van der Waals surface area contributed by atoms with Gasteiger partial charge in [0.1, 0.15) is 5.60 Å². The van der Waals surface area contributed by atoms with Crippen molar-refractivity contribution in [2.75, 3.05) is 13.1 Å². The number of hydrogen-bond acceptors (Lipinski definition) is 3. The summed E-state index contributed by atoms with van der Waals surface area (Å²) in [6.07, 6.45) is 3.53. The second-order valence-electron chi connectivity index (χ2n) is 6.36. The van der Waals surface area contributed by atoms with Gasteiger partial charge in [-0.05, 0) is 51.3 Å². The summed E-state index contributed by atoms with van der Waals surface area (Å²) in [7, 11) is 0. The molecule has 4 heteroatoms. The number of rotatable bonds is 6. The molecule has 0 aromatic heterocycles. The molecule has 1 aromatic carbocycles. The number of aryl methyl sites for hydroxylation is 2. The van der Waals surface area contributed by atoms with Crippen molar-refractivity contribution in [1.29, 1.82) is 0 Å². The highest BCUT2D eigenvalue weighted by atomic mass is 16.6. The summed E-state index contributed by atoms with van der Waals surface area (Å²) in [5.74, 6) is 0. The van der Waals surface area contributed by atoms with E-state index in [1.165, 1.54) is 16.7 Å². The van der Waals surface area contributed by atoms with Crippen LogP contribution in [-0.2, 0) is 11.3 Å². The third kappa shape index (κ3) is 7.27. The van der Waals surface area contributed by atoms with Gasteiger partial charge in [0.25, 0.3) is 0 Å². The van der Waals surface area contributed by atoms with E-state index < -0.39 is 5.60 Å². The Morgan fingerprint density at radius 1 is 1.14 bits per heavy atom. The summed E-state index contributed by atoms with van der Waals surface area (Å²) >= 11 is 0. The summed E-state index contributed by atoms with van der Waals surface area (Å²) in [5.41, 5.74) is 3.51. The molecular weight excluding hydrogens is 276 g/mol. The summed E-state index contributed by atoms with van der Waals surface area (Å²) in [4.78, 5) is 11.4. The van der Waals surface area contributed by atoms with Gasteiger partial charge in [-0.3, -0.25) is 0 Å². The minimum atomic E-state index is -0.458. The Bertz CT molecular complexity index is 496. The van der Waals surface area contributed by atoms with Crippen molar-refractivity contribution in [3.05, 3.63) is 47.0 Å². The van der Waals surface area contributed by atoms with Gasteiger partial charge in [0.2, 0.25) is 0 Å². The van der Waals surface area contributed by atoms with Crippen molar-refractivity contribution in [3.8, 4) is 0 Å². The van der Waals surface area contributed by atoms with Crippen LogP contribution in [0.25, 0.3) is 0 Å². The number of carbonyl (C=O) groups excluding carboxylic acids is 1. The van der Waals surface area contributed by atoms with E-state index in [4.69, 9.17) is 4.74 Å². The van der Waals surface area contributed by atoms with E-state index in [-0.39, 0.29) is 6.09 Å². The van der Waals surface area contributed by atoms with Crippen LogP contribution in [0.5, 0.6) is 0 Å². The predicted octanol–water partition coefficient (Wildman–Crippen LogP) is 3.47. The van der Waals surface area contributed by atoms with Gasteiger partial charge in [-0.2, -0.15) is 0 Å². The molecule has 1 amide bonds. The van der Waals surface area contributed by atoms with Gasteiger partial charge in [-0.15, -0.1) is 0 Å². The lowest BCUT2D eigenvalue weighted by atomic mass is 10.0. The molecule has 22 heavy (non-hydrogen) atoms. The summed E-state index contributed by atoms with van der Waals surface area (Å²) in [5, 5.41) is 6.07. The van der Waals surface area contributed by atoms with Crippen LogP contribution in [0.3, 0.4) is 0 Å². The molecule has 0 saturated carbocycles. The molecule has 0 aliphatic carbocycles. The Hall–Kier alpha value is -1.81. The van der Waals surface area contributed by atoms with E-state index in [2.05, 4.69) is 42.7 Å². The normalized spacial score (nSPS) is 11.7. The molecular formula is C18H28N2O2. The van der Waals surface area contributed by atoms with Crippen LogP contribution in [0.15, 0.2) is 30.4 Å². The zero-order valence-corrected chi connectivity index (χ0v) is 14.3. The standard InChI is InChI=1S/C18H28N2O2/c1-14-9-8-10-15(2)16(14)13-19-11-6-7-12-20-17(21)22-18(3,4)5/h6-10,19H,11-13H2,1-5H3,(H,20,21)/b7-6+. The van der Waals surface area contributed by atoms with Crippen LogP contribution in [0, 0.1) is 13.8 Å². The van der Waals surface area contributed by atoms with Gasteiger partial charge in [0.05, 0.1) is 0 Å². The number of hydrogen-bond donors (Lipinski definition) is 2. The predicted molar refractivity (Wildman–Crippen MR) is 91.0 cm³/mol. The summed E-state index contributed by atoms with van der Waals surface area (Å²) in [6, 6.07) is 6.34. The van der Waals surface area contributed by atoms with E-state index in [1.807, 2.05) is 32.9 Å². The van der Waals surface area contributed by atoms with E-state index >= 15 is 0 Å². The first-order valence-electron chi connectivity index (χ1n) is 7.67. The molecule has 0 radical (unpaired) electrons. The first-order chi connectivity index (χ1) is 10.3. The van der Waals surface area contributed by atoms with Crippen molar-refractivity contribution in [3.63, 3.8) is 0 Å². The maximum absolute atomic E-state index is 11.4. The van der Waals surface area contributed by atoms with Crippen LogP contribution in [-0.4, -0.2) is 24.8 Å². The number of benzene rings is 1. The lowest BCUT2D eigenvalue weighted by Crippen LogP contribution is -2.32. The van der Waals surface area contributed by atoms with Crippen LogP contribution in [0.2, 0.25) is 0 Å². The second kappa shape index (κ2) is 8.59. The van der Waals surface area contributed by atoms with Crippen LogP contribution < -0.4 is 10.6 Å². The Balaban J connectivity index is 2.21. The summed E-state index contributed by atoms with van der Waals surface area (Å²) in [6.45, 7) is 11.9. The fourth-order valence-corrected chi connectivity index (χ4v) is 2.03. The number of ether oxygens (including phenoxy) is 1.